The number of carbonyl (C=O) groups excluding carboxylic acids is 2. The molecule has 0 radical (unpaired) electrons. The first-order valence-electron chi connectivity index (χ1n) is 11.3. The number of alkyl carbamates (subject to hydrolysis) is 1. The standard InChI is InChI=1S/C23H33N3O5.ClH/c1-15-13-19(29-2)21-18(5-6-20(27)25-21)22(15)30-12-11-26-9-7-17(8-10-26)24-23(28)31-14-16-3-4-16;/h13,16-17H,3-12,14H2,1-2H3,(H,24,28)(H,25,27);1H. The number of carbonyl (C=O) groups is 2. The molecule has 1 saturated heterocycles. The Morgan fingerprint density at radius 3 is 2.66 bits per heavy atom. The summed E-state index contributed by atoms with van der Waals surface area (Å²) in [7, 11) is 1.61. The van der Waals surface area contributed by atoms with Gasteiger partial charge in [-0.3, -0.25) is 9.69 Å². The second kappa shape index (κ2) is 11.1. The van der Waals surface area contributed by atoms with Gasteiger partial charge in [0.05, 0.1) is 19.4 Å². The summed E-state index contributed by atoms with van der Waals surface area (Å²) in [5.74, 6) is 2.13. The molecule has 2 N–H and O–H groups in total. The number of benzene rings is 1. The summed E-state index contributed by atoms with van der Waals surface area (Å²) < 4.78 is 16.9. The third-order valence-electron chi connectivity index (χ3n) is 6.32. The number of halogens is 1. The molecule has 1 saturated carbocycles. The van der Waals surface area contributed by atoms with Gasteiger partial charge in [-0.15, -0.1) is 12.4 Å². The molecule has 4 rings (SSSR count). The highest BCUT2D eigenvalue weighted by Crippen LogP contribution is 2.41. The van der Waals surface area contributed by atoms with Gasteiger partial charge in [0.1, 0.15) is 18.1 Å². The van der Waals surface area contributed by atoms with Crippen LogP contribution in [0.4, 0.5) is 10.5 Å². The maximum absolute atomic E-state index is 11.9. The van der Waals surface area contributed by atoms with Crippen LogP contribution >= 0.6 is 12.4 Å². The Hall–Kier alpha value is -2.19. The SMILES string of the molecule is COc1cc(C)c(OCCN2CCC(NC(=O)OCC3CC3)CC2)c2c1NC(=O)CC2.Cl. The molecule has 0 aromatic heterocycles. The minimum Gasteiger partial charge on any atom is -0.495 e. The van der Waals surface area contributed by atoms with Crippen molar-refractivity contribution in [1.82, 2.24) is 10.2 Å². The summed E-state index contributed by atoms with van der Waals surface area (Å²) in [5, 5.41) is 5.92. The molecule has 0 spiro atoms. The van der Waals surface area contributed by atoms with Crippen molar-refractivity contribution in [2.24, 2.45) is 5.92 Å². The normalized spacial score (nSPS) is 18.8. The van der Waals surface area contributed by atoms with E-state index in [4.69, 9.17) is 14.2 Å². The summed E-state index contributed by atoms with van der Waals surface area (Å²) in [4.78, 5) is 26.1. The van der Waals surface area contributed by atoms with Crippen LogP contribution in [0.25, 0.3) is 0 Å². The van der Waals surface area contributed by atoms with E-state index in [0.717, 1.165) is 55.0 Å². The van der Waals surface area contributed by atoms with Gasteiger partial charge in [0, 0.05) is 37.7 Å². The number of hydrogen-bond donors (Lipinski definition) is 2. The number of likely N-dealkylation sites (tertiary alicyclic amines) is 1. The number of fused-ring (bicyclic) bond motifs is 1. The number of hydrogen-bond acceptors (Lipinski definition) is 6. The smallest absolute Gasteiger partial charge is 0.407 e. The molecule has 2 heterocycles. The predicted molar refractivity (Wildman–Crippen MR) is 124 cm³/mol. The zero-order valence-corrected chi connectivity index (χ0v) is 19.7. The zero-order valence-electron chi connectivity index (χ0n) is 18.9. The van der Waals surface area contributed by atoms with Gasteiger partial charge in [-0.2, -0.15) is 0 Å². The Morgan fingerprint density at radius 2 is 1.97 bits per heavy atom. The van der Waals surface area contributed by atoms with Gasteiger partial charge in [0.15, 0.2) is 0 Å². The van der Waals surface area contributed by atoms with Gasteiger partial charge in [-0.1, -0.05) is 0 Å². The summed E-state index contributed by atoms with van der Waals surface area (Å²) in [6, 6.07) is 2.10. The molecule has 3 aliphatic rings. The van der Waals surface area contributed by atoms with Gasteiger partial charge in [-0.25, -0.2) is 4.79 Å². The fraction of sp³-hybridized carbons (Fsp3) is 0.652. The van der Waals surface area contributed by atoms with Crippen LogP contribution in [0.3, 0.4) is 0 Å². The molecule has 1 aromatic rings. The summed E-state index contributed by atoms with van der Waals surface area (Å²) in [5.41, 5.74) is 2.77. The van der Waals surface area contributed by atoms with E-state index in [0.29, 0.717) is 37.7 Å². The molecular formula is C23H34ClN3O5. The van der Waals surface area contributed by atoms with E-state index in [1.54, 1.807) is 7.11 Å². The quantitative estimate of drug-likeness (QED) is 0.609. The van der Waals surface area contributed by atoms with E-state index >= 15 is 0 Å². The van der Waals surface area contributed by atoms with Crippen molar-refractivity contribution < 1.29 is 23.8 Å². The van der Waals surface area contributed by atoms with E-state index < -0.39 is 0 Å². The molecule has 8 nitrogen and oxygen atoms in total. The lowest BCUT2D eigenvalue weighted by molar-refractivity contribution is -0.116. The maximum Gasteiger partial charge on any atom is 0.407 e. The molecule has 2 amide bonds. The molecule has 0 atom stereocenters. The second-order valence-corrected chi connectivity index (χ2v) is 8.78. The van der Waals surface area contributed by atoms with Crippen LogP contribution in [0.2, 0.25) is 0 Å². The van der Waals surface area contributed by atoms with Crippen LogP contribution in [0.5, 0.6) is 11.5 Å². The van der Waals surface area contributed by atoms with Crippen LogP contribution in [-0.4, -0.2) is 62.9 Å². The molecule has 178 valence electrons. The minimum atomic E-state index is -0.277. The van der Waals surface area contributed by atoms with Crippen molar-refractivity contribution in [3.8, 4) is 11.5 Å². The molecule has 9 heteroatoms. The number of methoxy groups -OCH3 is 1. The van der Waals surface area contributed by atoms with E-state index in [-0.39, 0.29) is 30.4 Å². The van der Waals surface area contributed by atoms with Crippen LogP contribution in [0.1, 0.15) is 43.2 Å². The van der Waals surface area contributed by atoms with Crippen LogP contribution in [-0.2, 0) is 16.0 Å². The number of nitrogens with zero attached hydrogens (tertiary/aromatic N) is 1. The summed E-state index contributed by atoms with van der Waals surface area (Å²) >= 11 is 0. The number of ether oxygens (including phenoxy) is 3. The summed E-state index contributed by atoms with van der Waals surface area (Å²) in [6.07, 6.45) is 5.04. The lowest BCUT2D eigenvalue weighted by Crippen LogP contribution is -2.45. The molecule has 2 aliphatic heterocycles. The maximum atomic E-state index is 11.9. The van der Waals surface area contributed by atoms with E-state index in [1.807, 2.05) is 13.0 Å². The first-order chi connectivity index (χ1) is 15.0. The van der Waals surface area contributed by atoms with Crippen molar-refractivity contribution in [1.29, 1.82) is 0 Å². The topological polar surface area (TPSA) is 89.1 Å². The Balaban J connectivity index is 0.00000289. The Labute approximate surface area is 195 Å². The van der Waals surface area contributed by atoms with Gasteiger partial charge in [0.25, 0.3) is 0 Å². The lowest BCUT2D eigenvalue weighted by Gasteiger charge is -2.32. The third kappa shape index (κ3) is 6.19. The first kappa shape index (κ1) is 24.5. The number of piperidine rings is 1. The van der Waals surface area contributed by atoms with E-state index in [2.05, 4.69) is 15.5 Å². The third-order valence-corrected chi connectivity index (χ3v) is 6.32. The first-order valence-corrected chi connectivity index (χ1v) is 11.3. The van der Waals surface area contributed by atoms with Crippen molar-refractivity contribution in [2.75, 3.05) is 45.3 Å². The Bertz CT molecular complexity index is 822. The molecule has 0 unspecified atom stereocenters. The average Bonchev–Trinajstić information content (AvgIpc) is 3.59. The van der Waals surface area contributed by atoms with Crippen LogP contribution in [0.15, 0.2) is 6.07 Å². The van der Waals surface area contributed by atoms with Gasteiger partial charge in [0.2, 0.25) is 5.91 Å². The molecular weight excluding hydrogens is 434 g/mol. The molecule has 1 aliphatic carbocycles. The highest BCUT2D eigenvalue weighted by atomic mass is 35.5. The Morgan fingerprint density at radius 1 is 1.22 bits per heavy atom. The minimum absolute atomic E-state index is 0. The van der Waals surface area contributed by atoms with E-state index in [9.17, 15) is 9.59 Å². The van der Waals surface area contributed by atoms with Crippen molar-refractivity contribution in [3.63, 3.8) is 0 Å². The highest BCUT2D eigenvalue weighted by molar-refractivity contribution is 5.96. The number of nitrogens with one attached hydrogen (secondary N) is 2. The number of amides is 2. The van der Waals surface area contributed by atoms with Crippen molar-refractivity contribution in [3.05, 3.63) is 17.2 Å². The molecule has 32 heavy (non-hydrogen) atoms. The van der Waals surface area contributed by atoms with Crippen LogP contribution < -0.4 is 20.1 Å². The zero-order chi connectivity index (χ0) is 21.8. The van der Waals surface area contributed by atoms with Gasteiger partial charge < -0.3 is 24.8 Å². The van der Waals surface area contributed by atoms with Crippen LogP contribution in [0, 0.1) is 12.8 Å². The Kier molecular flexibility index (Phi) is 8.48. The lowest BCUT2D eigenvalue weighted by atomic mass is 9.98. The highest BCUT2D eigenvalue weighted by Gasteiger charge is 2.26. The predicted octanol–water partition coefficient (Wildman–Crippen LogP) is 3.29. The summed E-state index contributed by atoms with van der Waals surface area (Å²) in [6.45, 7) is 5.81. The number of anilines is 1. The average molecular weight is 468 g/mol. The number of rotatable bonds is 8. The van der Waals surface area contributed by atoms with Gasteiger partial charge in [-0.05, 0) is 56.6 Å². The number of aryl methyl sites for hydroxylation is 1. The fourth-order valence-corrected chi connectivity index (χ4v) is 4.28. The van der Waals surface area contributed by atoms with Crippen molar-refractivity contribution in [2.45, 2.75) is 51.5 Å². The van der Waals surface area contributed by atoms with Gasteiger partial charge >= 0.3 is 6.09 Å². The van der Waals surface area contributed by atoms with Crippen molar-refractivity contribution >= 4 is 30.1 Å². The molecule has 0 bridgehead atoms. The molecule has 2 fully saturated rings. The second-order valence-electron chi connectivity index (χ2n) is 8.78. The largest absolute Gasteiger partial charge is 0.495 e. The molecule has 1 aromatic carbocycles. The van der Waals surface area contributed by atoms with E-state index in [1.165, 1.54) is 12.8 Å². The monoisotopic (exact) mass is 467 g/mol. The fourth-order valence-electron chi connectivity index (χ4n) is 4.28.